The molecule has 0 saturated carbocycles. The molecule has 1 aromatic rings. The number of hydrogen-bond donors (Lipinski definition) is 0. The summed E-state index contributed by atoms with van der Waals surface area (Å²) in [6.45, 7) is 3.82. The van der Waals surface area contributed by atoms with E-state index in [1.807, 2.05) is 37.3 Å². The van der Waals surface area contributed by atoms with Gasteiger partial charge in [-0.15, -0.1) is 0 Å². The van der Waals surface area contributed by atoms with Gasteiger partial charge in [-0.25, -0.2) is 4.21 Å². The van der Waals surface area contributed by atoms with Gasteiger partial charge < -0.3 is 9.47 Å². The molecule has 0 radical (unpaired) electrons. The Balaban J connectivity index is 2.04. The Kier molecular flexibility index (Phi) is 7.84. The zero-order valence-corrected chi connectivity index (χ0v) is 11.7. The van der Waals surface area contributed by atoms with Crippen molar-refractivity contribution in [1.29, 1.82) is 0 Å². The van der Waals surface area contributed by atoms with Gasteiger partial charge in [0.1, 0.15) is 0 Å². The molecule has 18 heavy (non-hydrogen) atoms. The van der Waals surface area contributed by atoms with E-state index in [0.717, 1.165) is 5.56 Å². The van der Waals surface area contributed by atoms with Gasteiger partial charge in [0.05, 0.1) is 32.5 Å². The summed E-state index contributed by atoms with van der Waals surface area (Å²) >= 11 is -1.22. The average Bonchev–Trinajstić information content (AvgIpc) is 2.37. The van der Waals surface area contributed by atoms with Crippen LogP contribution in [0.2, 0.25) is 0 Å². The van der Waals surface area contributed by atoms with Crippen LogP contribution < -0.4 is 0 Å². The van der Waals surface area contributed by atoms with Gasteiger partial charge >= 0.3 is 0 Å². The molecule has 0 aliphatic rings. The molecule has 0 saturated heterocycles. The highest BCUT2D eigenvalue weighted by molar-refractivity contribution is 7.79. The third kappa shape index (κ3) is 7.55. The molecule has 0 bridgehead atoms. The second kappa shape index (κ2) is 9.22. The van der Waals surface area contributed by atoms with Crippen molar-refractivity contribution in [2.24, 2.45) is 0 Å². The first kappa shape index (κ1) is 15.3. The summed E-state index contributed by atoms with van der Waals surface area (Å²) in [5.74, 6) is 0. The minimum absolute atomic E-state index is 0.0253. The maximum Gasteiger partial charge on any atom is 0.152 e. The molecule has 0 heterocycles. The van der Waals surface area contributed by atoms with E-state index >= 15 is 0 Å². The van der Waals surface area contributed by atoms with Crippen molar-refractivity contribution in [3.05, 3.63) is 35.9 Å². The Bertz CT molecular complexity index is 342. The highest BCUT2D eigenvalue weighted by atomic mass is 32.2. The maximum atomic E-state index is 10.6. The molecule has 102 valence electrons. The summed E-state index contributed by atoms with van der Waals surface area (Å²) in [5, 5.41) is 0. The first-order valence-corrected chi connectivity index (χ1v) is 7.36. The molecule has 4 nitrogen and oxygen atoms in total. The molecular weight excluding hydrogens is 252 g/mol. The molecule has 0 aliphatic heterocycles. The van der Waals surface area contributed by atoms with E-state index in [2.05, 4.69) is 0 Å². The van der Waals surface area contributed by atoms with E-state index in [4.69, 9.17) is 13.7 Å². The molecule has 5 heteroatoms. The zero-order valence-electron chi connectivity index (χ0n) is 10.8. The van der Waals surface area contributed by atoms with E-state index < -0.39 is 11.1 Å². The van der Waals surface area contributed by atoms with Crippen molar-refractivity contribution < 1.29 is 17.9 Å². The van der Waals surface area contributed by atoms with Crippen LogP contribution in [0, 0.1) is 0 Å². The van der Waals surface area contributed by atoms with Gasteiger partial charge in [-0.3, -0.25) is 4.18 Å². The van der Waals surface area contributed by atoms with Crippen LogP contribution in [0.1, 0.15) is 12.5 Å². The number of rotatable bonds is 9. The lowest BCUT2D eigenvalue weighted by molar-refractivity contribution is -0.0195. The van der Waals surface area contributed by atoms with Gasteiger partial charge in [0, 0.05) is 6.26 Å². The van der Waals surface area contributed by atoms with Crippen LogP contribution in [0.3, 0.4) is 0 Å². The molecule has 0 spiro atoms. The summed E-state index contributed by atoms with van der Waals surface area (Å²) in [6, 6.07) is 10.0. The fraction of sp³-hybridized carbons (Fsp3) is 0.538. The van der Waals surface area contributed by atoms with Crippen molar-refractivity contribution >= 4 is 11.1 Å². The van der Waals surface area contributed by atoms with Gasteiger partial charge in [0.15, 0.2) is 11.1 Å². The van der Waals surface area contributed by atoms with Crippen molar-refractivity contribution in [3.8, 4) is 0 Å². The van der Waals surface area contributed by atoms with Crippen LogP contribution >= 0.6 is 0 Å². The van der Waals surface area contributed by atoms with E-state index in [1.165, 1.54) is 6.26 Å². The highest BCUT2D eigenvalue weighted by Crippen LogP contribution is 2.03. The van der Waals surface area contributed by atoms with Gasteiger partial charge in [0.2, 0.25) is 0 Å². The normalized spacial score (nSPS) is 14.3. The number of ether oxygens (including phenoxy) is 2. The lowest BCUT2D eigenvalue weighted by Gasteiger charge is -2.13. The largest absolute Gasteiger partial charge is 0.376 e. The predicted molar refractivity (Wildman–Crippen MR) is 71.5 cm³/mol. The fourth-order valence-electron chi connectivity index (χ4n) is 1.32. The Morgan fingerprint density at radius 1 is 1.22 bits per heavy atom. The predicted octanol–water partition coefficient (Wildman–Crippen LogP) is 1.92. The van der Waals surface area contributed by atoms with E-state index in [0.29, 0.717) is 26.4 Å². The highest BCUT2D eigenvalue weighted by Gasteiger charge is 2.03. The Hall–Kier alpha value is -0.750. The monoisotopic (exact) mass is 272 g/mol. The van der Waals surface area contributed by atoms with E-state index in [9.17, 15) is 4.21 Å². The quantitative estimate of drug-likeness (QED) is 0.644. The van der Waals surface area contributed by atoms with Crippen LogP contribution in [-0.2, 0) is 31.3 Å². The minimum Gasteiger partial charge on any atom is -0.376 e. The minimum atomic E-state index is -1.22. The fourth-order valence-corrected chi connectivity index (χ4v) is 1.62. The molecule has 0 aliphatic carbocycles. The smallest absolute Gasteiger partial charge is 0.152 e. The molecule has 2 atom stereocenters. The third-order valence-electron chi connectivity index (χ3n) is 2.21. The van der Waals surface area contributed by atoms with Gasteiger partial charge in [-0.05, 0) is 12.5 Å². The van der Waals surface area contributed by atoms with Crippen molar-refractivity contribution in [1.82, 2.24) is 0 Å². The van der Waals surface area contributed by atoms with Crippen LogP contribution in [0.5, 0.6) is 0 Å². The molecule has 2 unspecified atom stereocenters. The standard InChI is InChI=1S/C13H20O4S/c1-12(10-15-8-9-17-18(2)14)16-11-13-6-4-3-5-7-13/h3-7,12H,8-11H2,1-2H3. The molecular formula is C13H20O4S. The molecule has 1 rings (SSSR count). The summed E-state index contributed by atoms with van der Waals surface area (Å²) in [6.07, 6.45) is 1.52. The SMILES string of the molecule is CC(COCCOS(C)=O)OCc1ccccc1. The average molecular weight is 272 g/mol. The lowest BCUT2D eigenvalue weighted by Crippen LogP contribution is -2.18. The zero-order chi connectivity index (χ0) is 13.2. The first-order valence-electron chi connectivity index (χ1n) is 5.88. The van der Waals surface area contributed by atoms with Crippen molar-refractivity contribution in [2.75, 3.05) is 26.1 Å². The molecule has 0 aromatic heterocycles. The number of benzene rings is 1. The first-order chi connectivity index (χ1) is 8.68. The van der Waals surface area contributed by atoms with Crippen molar-refractivity contribution in [2.45, 2.75) is 19.6 Å². The van der Waals surface area contributed by atoms with Crippen LogP contribution in [0.25, 0.3) is 0 Å². The summed E-state index contributed by atoms with van der Waals surface area (Å²) in [4.78, 5) is 0. The molecule has 0 amide bonds. The molecule has 0 fully saturated rings. The third-order valence-corrected chi connectivity index (χ3v) is 2.71. The van der Waals surface area contributed by atoms with Gasteiger partial charge in [-0.1, -0.05) is 30.3 Å². The van der Waals surface area contributed by atoms with Gasteiger partial charge in [-0.2, -0.15) is 0 Å². The maximum absolute atomic E-state index is 10.6. The molecule has 0 N–H and O–H groups in total. The van der Waals surface area contributed by atoms with Crippen LogP contribution in [-0.4, -0.2) is 36.4 Å². The summed E-state index contributed by atoms with van der Waals surface area (Å²) < 4.78 is 26.4. The van der Waals surface area contributed by atoms with Crippen molar-refractivity contribution in [3.63, 3.8) is 0 Å². The van der Waals surface area contributed by atoms with E-state index in [1.54, 1.807) is 0 Å². The Morgan fingerprint density at radius 3 is 2.61 bits per heavy atom. The van der Waals surface area contributed by atoms with E-state index in [-0.39, 0.29) is 6.10 Å². The lowest BCUT2D eigenvalue weighted by atomic mass is 10.2. The second-order valence-corrected chi connectivity index (χ2v) is 4.94. The van der Waals surface area contributed by atoms with Gasteiger partial charge in [0.25, 0.3) is 0 Å². The number of hydrogen-bond acceptors (Lipinski definition) is 4. The topological polar surface area (TPSA) is 44.8 Å². The van der Waals surface area contributed by atoms with Crippen LogP contribution in [0.15, 0.2) is 30.3 Å². The Labute approximate surface area is 111 Å². The second-order valence-electron chi connectivity index (χ2n) is 3.91. The summed E-state index contributed by atoms with van der Waals surface area (Å²) in [7, 11) is 0. The Morgan fingerprint density at radius 2 is 1.94 bits per heavy atom. The summed E-state index contributed by atoms with van der Waals surface area (Å²) in [5.41, 5.74) is 1.15. The molecule has 1 aromatic carbocycles. The van der Waals surface area contributed by atoms with Crippen LogP contribution in [0.4, 0.5) is 0 Å².